The largest absolute Gasteiger partial charge is 0.508 e. The summed E-state index contributed by atoms with van der Waals surface area (Å²) in [7, 11) is 1.79. The number of nitrogens with one attached hydrogen (secondary N) is 3. The Hall–Kier alpha value is -11.1. The first-order chi connectivity index (χ1) is 42.1. The molecule has 0 saturated heterocycles. The lowest BCUT2D eigenvalue weighted by Gasteiger charge is -2.20. The number of likely N-dealkylation sites (N-methyl/N-ethyl adjacent to an activating group) is 1. The zero-order valence-electron chi connectivity index (χ0n) is 46.9. The topological polar surface area (TPSA) is 437 Å². The van der Waals surface area contributed by atoms with E-state index in [1.165, 1.54) is 104 Å². The summed E-state index contributed by atoms with van der Waals surface area (Å²) in [5.41, 5.74) is 13.2. The van der Waals surface area contributed by atoms with Crippen molar-refractivity contribution in [2.75, 3.05) is 46.5 Å². The van der Waals surface area contributed by atoms with Gasteiger partial charge in [-0.25, -0.2) is 0 Å². The third-order valence-corrected chi connectivity index (χ3v) is 12.9. The molecule has 3 heterocycles. The van der Waals surface area contributed by atoms with Crippen molar-refractivity contribution in [2.24, 2.45) is 11.5 Å². The molecule has 6 aromatic carbocycles. The van der Waals surface area contributed by atoms with Crippen LogP contribution in [0.4, 0.5) is 0 Å². The van der Waals surface area contributed by atoms with E-state index in [0.717, 1.165) is 0 Å². The molecule has 9 aromatic rings. The van der Waals surface area contributed by atoms with Crippen LogP contribution < -0.4 is 57.9 Å². The van der Waals surface area contributed by atoms with Crippen LogP contribution in [0.25, 0.3) is 66.3 Å². The van der Waals surface area contributed by atoms with Crippen LogP contribution in [0.1, 0.15) is 25.7 Å². The van der Waals surface area contributed by atoms with Crippen LogP contribution >= 0.6 is 0 Å². The van der Waals surface area contributed by atoms with Gasteiger partial charge in [-0.15, -0.1) is 0 Å². The van der Waals surface area contributed by atoms with Gasteiger partial charge >= 0.3 is 11.9 Å². The first-order valence-electron chi connectivity index (χ1n) is 26.9. The molecule has 0 spiro atoms. The van der Waals surface area contributed by atoms with Crippen LogP contribution in [0.5, 0.6) is 51.7 Å². The van der Waals surface area contributed by atoms with Crippen LogP contribution in [-0.2, 0) is 19.2 Å². The molecule has 0 fully saturated rings. The number of carboxylic acids is 2. The average molecular weight is 1210 g/mol. The number of carbonyl (C=O) groups is 4. The van der Waals surface area contributed by atoms with Crippen molar-refractivity contribution in [3.8, 4) is 85.1 Å². The van der Waals surface area contributed by atoms with Gasteiger partial charge in [0, 0.05) is 62.3 Å². The van der Waals surface area contributed by atoms with Crippen LogP contribution in [-0.4, -0.2) is 123 Å². The summed E-state index contributed by atoms with van der Waals surface area (Å²) in [4.78, 5) is 85.7. The Morgan fingerprint density at radius 1 is 0.489 bits per heavy atom. The monoisotopic (exact) mass is 1210 g/mol. The fourth-order valence-electron chi connectivity index (χ4n) is 8.59. The normalized spacial score (nSPS) is 11.5. The van der Waals surface area contributed by atoms with Gasteiger partial charge in [0.15, 0.2) is 0 Å². The van der Waals surface area contributed by atoms with E-state index in [1.54, 1.807) is 31.3 Å². The van der Waals surface area contributed by atoms with E-state index in [2.05, 4.69) is 16.0 Å². The number of amides is 2. The fourth-order valence-corrected chi connectivity index (χ4v) is 8.59. The van der Waals surface area contributed by atoms with Crippen LogP contribution in [0.2, 0.25) is 0 Å². The Balaban J connectivity index is 0.000000200. The third-order valence-electron chi connectivity index (χ3n) is 12.9. The molecule has 0 radical (unpaired) electrons. The van der Waals surface area contributed by atoms with Crippen LogP contribution in [0, 0.1) is 0 Å². The molecule has 2 atom stereocenters. The number of aromatic hydroxyl groups is 6. The van der Waals surface area contributed by atoms with Gasteiger partial charge in [-0.2, -0.15) is 0 Å². The molecular weight excluding hydrogens is 1150 g/mol. The standard InChI is InChI=1S/C27H29N3O11.C18H17NO5.C17H15NO5/c28-18(5-7-22(33)34)26(38)30-19(6-8-23(35)36)27(39)29-9-10-40-20-11-16(32)12-21-24(20)25(37)17(13-41-21)14-1-3-15(31)4-2-14;1-19-6-7-23-15-8-13(21)9-16-17(15)18(22)14(10-24-16)11-2-4-12(20)5-3-11;18-5-6-22-14-7-12(20)8-15-16(14)17(21)13(9-23-15)10-1-3-11(19)4-2-10/h1-4,11-13,18-19,31-32H,5-10,28H2,(H,29,39)(H,30,38)(H,33,34)(H,35,36);2-5,8-10,19-21H,6-7H2,1H3;1-4,7-9,19-20H,5-6,18H2/t18-,19+;;/m0../s1. The molecule has 3 aromatic heterocycles. The van der Waals surface area contributed by atoms with E-state index in [0.29, 0.717) is 41.0 Å². The highest BCUT2D eigenvalue weighted by Crippen LogP contribution is 2.34. The summed E-state index contributed by atoms with van der Waals surface area (Å²) in [5, 5.41) is 83.9. The Morgan fingerprint density at radius 2 is 0.841 bits per heavy atom. The molecule has 88 heavy (non-hydrogen) atoms. The summed E-state index contributed by atoms with van der Waals surface area (Å²) >= 11 is 0. The number of phenolic OH excluding ortho intramolecular Hbond substituents is 6. The van der Waals surface area contributed by atoms with E-state index in [-0.39, 0.29) is 147 Å². The SMILES string of the molecule is CNCCOc1cc(O)cc2occ(-c3ccc(O)cc3)c(=O)c12.NCCOc1cc(O)cc2occ(-c3ccc(O)cc3)c(=O)c12.N[C@@H](CCC(=O)O)C(=O)N[C@H](CCC(=O)O)C(=O)NCCOc1cc(O)cc2occ(-c3ccc(O)cc3)c(=O)c12. The minimum atomic E-state index is -1.27. The molecule has 0 aliphatic rings. The Bertz CT molecular complexity index is 4130. The smallest absolute Gasteiger partial charge is 0.303 e. The Labute approximate surface area is 498 Å². The zero-order valence-corrected chi connectivity index (χ0v) is 46.9. The molecule has 0 saturated carbocycles. The third kappa shape index (κ3) is 16.8. The van der Waals surface area contributed by atoms with Gasteiger partial charge in [0.2, 0.25) is 28.1 Å². The molecule has 460 valence electrons. The quantitative estimate of drug-likeness (QED) is 0.0347. The maximum atomic E-state index is 13.3. The second-order valence-electron chi connectivity index (χ2n) is 19.3. The van der Waals surface area contributed by atoms with E-state index in [4.69, 9.17) is 49.1 Å². The van der Waals surface area contributed by atoms with Crippen LogP contribution in [0.3, 0.4) is 0 Å². The zero-order chi connectivity index (χ0) is 63.6. The number of aliphatic carboxylic acids is 2. The highest BCUT2D eigenvalue weighted by molar-refractivity contribution is 5.92. The number of carbonyl (C=O) groups excluding carboxylic acids is 2. The molecule has 0 bridgehead atoms. The number of ether oxygens (including phenoxy) is 3. The van der Waals surface area contributed by atoms with Crippen molar-refractivity contribution in [1.29, 1.82) is 0 Å². The molecule has 15 N–H and O–H groups in total. The van der Waals surface area contributed by atoms with E-state index < -0.39 is 47.7 Å². The number of hydrogen-bond acceptors (Lipinski definition) is 22. The number of phenols is 6. The average Bonchev–Trinajstić information content (AvgIpc) is 1.72. The molecular formula is C62H61N5O21. The summed E-state index contributed by atoms with van der Waals surface area (Å²) in [5.74, 6) is -3.53. The number of hydrogen-bond donors (Lipinski definition) is 13. The second-order valence-corrected chi connectivity index (χ2v) is 19.3. The van der Waals surface area contributed by atoms with Gasteiger partial charge in [-0.3, -0.25) is 33.6 Å². The first-order valence-corrected chi connectivity index (χ1v) is 26.9. The van der Waals surface area contributed by atoms with Gasteiger partial charge in [-0.05, 0) is 73.0 Å². The van der Waals surface area contributed by atoms with Crippen molar-refractivity contribution < 1.29 is 87.5 Å². The lowest BCUT2D eigenvalue weighted by Crippen LogP contribution is -2.52. The van der Waals surface area contributed by atoms with Crippen molar-refractivity contribution in [2.45, 2.75) is 37.8 Å². The molecule has 0 aliphatic heterocycles. The molecule has 0 aliphatic carbocycles. The maximum Gasteiger partial charge on any atom is 0.303 e. The summed E-state index contributed by atoms with van der Waals surface area (Å²) in [6.07, 6.45) is 2.65. The minimum absolute atomic E-state index is 0.0146. The van der Waals surface area contributed by atoms with Gasteiger partial charge in [0.05, 0.1) is 29.3 Å². The lowest BCUT2D eigenvalue weighted by molar-refractivity contribution is -0.139. The van der Waals surface area contributed by atoms with Gasteiger partial charge in [0.1, 0.15) is 129 Å². The highest BCUT2D eigenvalue weighted by Gasteiger charge is 2.26. The Morgan fingerprint density at radius 3 is 1.19 bits per heavy atom. The summed E-state index contributed by atoms with van der Waals surface area (Å²) in [6.45, 7) is 1.11. The van der Waals surface area contributed by atoms with Crippen molar-refractivity contribution in [3.63, 3.8) is 0 Å². The predicted octanol–water partition coefficient (Wildman–Crippen LogP) is 5.59. The summed E-state index contributed by atoms with van der Waals surface area (Å²) in [6, 6.07) is 23.8. The second kappa shape index (κ2) is 30.1. The first kappa shape index (κ1) is 64.5. The van der Waals surface area contributed by atoms with Gasteiger partial charge in [0.25, 0.3) is 0 Å². The maximum absolute atomic E-state index is 13.3. The molecule has 26 nitrogen and oxygen atoms in total. The fraction of sp³-hybridized carbons (Fsp3) is 0.210. The molecule has 2 amide bonds. The van der Waals surface area contributed by atoms with Crippen molar-refractivity contribution in [3.05, 3.63) is 159 Å². The van der Waals surface area contributed by atoms with E-state index >= 15 is 0 Å². The minimum Gasteiger partial charge on any atom is -0.508 e. The predicted molar refractivity (Wildman–Crippen MR) is 320 cm³/mol. The summed E-state index contributed by atoms with van der Waals surface area (Å²) < 4.78 is 33.3. The van der Waals surface area contributed by atoms with Crippen molar-refractivity contribution in [1.82, 2.24) is 16.0 Å². The van der Waals surface area contributed by atoms with Crippen molar-refractivity contribution >= 4 is 56.7 Å². The number of carboxylic acid groups (broad SMARTS) is 2. The molecule has 26 heteroatoms. The number of nitrogens with two attached hydrogens (primary N) is 2. The highest BCUT2D eigenvalue weighted by atomic mass is 16.5. The van der Waals surface area contributed by atoms with Gasteiger partial charge < -0.3 is 95.7 Å². The number of benzene rings is 6. The van der Waals surface area contributed by atoms with Gasteiger partial charge in [-0.1, -0.05) is 36.4 Å². The Kier molecular flexibility index (Phi) is 22.1. The molecule has 9 rings (SSSR count). The van der Waals surface area contributed by atoms with Crippen LogP contribution in [0.15, 0.2) is 156 Å². The molecule has 0 unspecified atom stereocenters. The van der Waals surface area contributed by atoms with E-state index in [9.17, 15) is 64.2 Å². The number of rotatable bonds is 23. The van der Waals surface area contributed by atoms with E-state index in [1.807, 2.05) is 0 Å². The lowest BCUT2D eigenvalue weighted by atomic mass is 10.0. The number of fused-ring (bicyclic) bond motifs is 3.